The summed E-state index contributed by atoms with van der Waals surface area (Å²) in [4.78, 5) is 19.0. The van der Waals surface area contributed by atoms with Crippen LogP contribution in [0.1, 0.15) is 25.0 Å². The van der Waals surface area contributed by atoms with Crippen molar-refractivity contribution in [3.05, 3.63) is 30.0 Å². The van der Waals surface area contributed by atoms with E-state index in [0.29, 0.717) is 12.1 Å². The number of fused-ring (bicyclic) bond motifs is 1. The van der Waals surface area contributed by atoms with Crippen molar-refractivity contribution in [2.75, 3.05) is 19.4 Å². The first-order chi connectivity index (χ1) is 12.5. The second kappa shape index (κ2) is 11.0. The maximum atomic E-state index is 8.36. The summed E-state index contributed by atoms with van der Waals surface area (Å²) in [5.41, 5.74) is 0.988. The number of anilines is 1. The van der Waals surface area contributed by atoms with Crippen LogP contribution in [0.3, 0.4) is 0 Å². The first-order valence-corrected chi connectivity index (χ1v) is 8.30. The molecule has 1 heterocycles. The van der Waals surface area contributed by atoms with E-state index in [1.807, 2.05) is 6.92 Å². The number of carbonyl (C=O) groups is 2. The van der Waals surface area contributed by atoms with Crippen LogP contribution in [0.4, 0.5) is 5.82 Å². The molecule has 1 aliphatic carbocycles. The molecule has 1 aliphatic rings. The zero-order valence-electron chi connectivity index (χ0n) is 15.3. The number of rotatable bonds is 3. The molecule has 1 fully saturated rings. The van der Waals surface area contributed by atoms with Crippen molar-refractivity contribution < 1.29 is 19.8 Å². The van der Waals surface area contributed by atoms with Gasteiger partial charge in [0, 0.05) is 22.9 Å². The molecular weight excluding hydrogens is 336 g/mol. The van der Waals surface area contributed by atoms with E-state index in [1.165, 1.54) is 30.0 Å². The summed E-state index contributed by atoms with van der Waals surface area (Å²) < 4.78 is 0. The Labute approximate surface area is 152 Å². The molecule has 26 heavy (non-hydrogen) atoms. The van der Waals surface area contributed by atoms with Gasteiger partial charge in [0.1, 0.15) is 0 Å². The lowest BCUT2D eigenvalue weighted by atomic mass is 10.1. The van der Waals surface area contributed by atoms with Crippen molar-refractivity contribution in [1.82, 2.24) is 15.1 Å². The third kappa shape index (κ3) is 5.66. The average molecular weight is 362 g/mol. The van der Waals surface area contributed by atoms with Crippen molar-refractivity contribution >= 4 is 29.5 Å². The number of aryl methyl sites for hydroxylation is 1. The fraction of sp³-hybridized carbons (Fsp3) is 0.444. The molecule has 0 aliphatic heterocycles. The van der Waals surface area contributed by atoms with Crippen LogP contribution in [0.2, 0.25) is 0 Å². The fourth-order valence-corrected chi connectivity index (χ4v) is 3.25. The zero-order chi connectivity index (χ0) is 19.5. The van der Waals surface area contributed by atoms with Gasteiger partial charge < -0.3 is 20.4 Å². The summed E-state index contributed by atoms with van der Waals surface area (Å²) in [6, 6.07) is 9.40. The highest BCUT2D eigenvalue weighted by Crippen LogP contribution is 2.28. The SMILES string of the molecule is Cc1nnc(N[C@@H]2CCC[C@H]2N(C)C)c2ccccc12.O=CO.O=CO. The van der Waals surface area contributed by atoms with Gasteiger partial charge in [0.05, 0.1) is 5.69 Å². The Morgan fingerprint density at radius 2 is 1.65 bits per heavy atom. The summed E-state index contributed by atoms with van der Waals surface area (Å²) >= 11 is 0. The maximum absolute atomic E-state index is 8.36. The third-order valence-corrected chi connectivity index (χ3v) is 4.34. The third-order valence-electron chi connectivity index (χ3n) is 4.34. The first kappa shape index (κ1) is 21.3. The highest BCUT2D eigenvalue weighted by atomic mass is 16.3. The zero-order valence-corrected chi connectivity index (χ0v) is 15.3. The van der Waals surface area contributed by atoms with Gasteiger partial charge in [0.15, 0.2) is 5.82 Å². The number of nitrogens with one attached hydrogen (secondary N) is 1. The molecule has 0 amide bonds. The Kier molecular flexibility index (Phi) is 9.00. The molecule has 1 aromatic carbocycles. The Bertz CT molecular complexity index is 703. The van der Waals surface area contributed by atoms with Gasteiger partial charge in [0.2, 0.25) is 0 Å². The minimum atomic E-state index is -0.250. The molecule has 8 heteroatoms. The summed E-state index contributed by atoms with van der Waals surface area (Å²) in [5, 5.41) is 28.4. The van der Waals surface area contributed by atoms with Crippen LogP contribution in [0.25, 0.3) is 10.8 Å². The van der Waals surface area contributed by atoms with E-state index in [9.17, 15) is 0 Å². The van der Waals surface area contributed by atoms with Crippen LogP contribution in [0, 0.1) is 6.92 Å². The molecule has 0 spiro atoms. The number of likely N-dealkylation sites (N-methyl/N-ethyl adjacent to an activating group) is 1. The summed E-state index contributed by atoms with van der Waals surface area (Å²) in [7, 11) is 4.31. The predicted octanol–water partition coefficient (Wildman–Crippen LogP) is 2.23. The van der Waals surface area contributed by atoms with E-state index >= 15 is 0 Å². The van der Waals surface area contributed by atoms with Gasteiger partial charge in [-0.15, -0.1) is 5.10 Å². The van der Waals surface area contributed by atoms with Crippen LogP contribution in [-0.4, -0.2) is 64.4 Å². The molecule has 2 aromatic rings. The lowest BCUT2D eigenvalue weighted by molar-refractivity contribution is -0.123. The van der Waals surface area contributed by atoms with Gasteiger partial charge in [-0.1, -0.05) is 24.3 Å². The lowest BCUT2D eigenvalue weighted by Gasteiger charge is -2.27. The molecule has 0 unspecified atom stereocenters. The Balaban J connectivity index is 0.000000499. The van der Waals surface area contributed by atoms with Crippen LogP contribution in [-0.2, 0) is 9.59 Å². The molecule has 142 valence electrons. The molecule has 0 radical (unpaired) electrons. The highest BCUT2D eigenvalue weighted by Gasteiger charge is 2.29. The summed E-state index contributed by atoms with van der Waals surface area (Å²) in [5.74, 6) is 0.921. The highest BCUT2D eigenvalue weighted by molar-refractivity contribution is 5.92. The van der Waals surface area contributed by atoms with Crippen molar-refractivity contribution in [3.8, 4) is 0 Å². The largest absolute Gasteiger partial charge is 0.483 e. The second-order valence-electron chi connectivity index (χ2n) is 6.10. The Hall–Kier alpha value is -2.74. The molecule has 1 aromatic heterocycles. The fourth-order valence-electron chi connectivity index (χ4n) is 3.25. The Morgan fingerprint density at radius 1 is 1.08 bits per heavy atom. The molecule has 1 saturated carbocycles. The molecule has 2 atom stereocenters. The quantitative estimate of drug-likeness (QED) is 0.712. The van der Waals surface area contributed by atoms with Crippen molar-refractivity contribution in [3.63, 3.8) is 0 Å². The number of aromatic nitrogens is 2. The molecule has 3 rings (SSSR count). The summed E-state index contributed by atoms with van der Waals surface area (Å²) in [6.45, 7) is 1.51. The van der Waals surface area contributed by atoms with Crippen molar-refractivity contribution in [1.29, 1.82) is 0 Å². The monoisotopic (exact) mass is 362 g/mol. The number of benzene rings is 1. The summed E-state index contributed by atoms with van der Waals surface area (Å²) in [6.07, 6.45) is 3.73. The van der Waals surface area contributed by atoms with Crippen LogP contribution < -0.4 is 5.32 Å². The van der Waals surface area contributed by atoms with Gasteiger partial charge in [-0.2, -0.15) is 5.10 Å². The topological polar surface area (TPSA) is 116 Å². The first-order valence-electron chi connectivity index (χ1n) is 8.30. The van der Waals surface area contributed by atoms with E-state index in [1.54, 1.807) is 0 Å². The van der Waals surface area contributed by atoms with E-state index in [0.717, 1.165) is 11.5 Å². The molecule has 0 saturated heterocycles. The van der Waals surface area contributed by atoms with Crippen LogP contribution in [0.15, 0.2) is 24.3 Å². The van der Waals surface area contributed by atoms with Crippen molar-refractivity contribution in [2.24, 2.45) is 0 Å². The number of nitrogens with zero attached hydrogens (tertiary/aromatic N) is 3. The molecule has 3 N–H and O–H groups in total. The number of carboxylic acid groups (broad SMARTS) is 2. The minimum absolute atomic E-state index is 0.250. The number of hydrogen-bond acceptors (Lipinski definition) is 6. The van der Waals surface area contributed by atoms with Gasteiger partial charge in [-0.25, -0.2) is 0 Å². The molecular formula is C18H26N4O4. The standard InChI is InChI=1S/C16H22N4.2CH2O2/c1-11-12-7-4-5-8-13(12)16(19-18-11)17-14-9-6-10-15(14)20(2)3;2*2-1-3/h4-5,7-8,14-15H,6,9-10H2,1-3H3,(H,17,19);2*1H,(H,2,3)/t14-,15-;;/m1../s1. The predicted molar refractivity (Wildman–Crippen MR) is 100 cm³/mol. The second-order valence-corrected chi connectivity index (χ2v) is 6.10. The van der Waals surface area contributed by atoms with E-state index in [4.69, 9.17) is 19.8 Å². The normalized spacial score (nSPS) is 18.3. The average Bonchev–Trinajstić information content (AvgIpc) is 3.08. The van der Waals surface area contributed by atoms with Crippen LogP contribution in [0.5, 0.6) is 0 Å². The van der Waals surface area contributed by atoms with Crippen molar-refractivity contribution in [2.45, 2.75) is 38.3 Å². The number of hydrogen-bond donors (Lipinski definition) is 3. The Morgan fingerprint density at radius 3 is 2.23 bits per heavy atom. The van der Waals surface area contributed by atoms with Gasteiger partial charge >= 0.3 is 0 Å². The minimum Gasteiger partial charge on any atom is -0.483 e. The van der Waals surface area contributed by atoms with Crippen LogP contribution >= 0.6 is 0 Å². The maximum Gasteiger partial charge on any atom is 0.290 e. The lowest BCUT2D eigenvalue weighted by Crippen LogP contribution is -2.39. The molecule has 0 bridgehead atoms. The van der Waals surface area contributed by atoms with Gasteiger partial charge in [0.25, 0.3) is 12.9 Å². The van der Waals surface area contributed by atoms with E-state index in [2.05, 4.69) is 58.8 Å². The molecule has 8 nitrogen and oxygen atoms in total. The van der Waals surface area contributed by atoms with Gasteiger partial charge in [-0.3, -0.25) is 9.59 Å². The van der Waals surface area contributed by atoms with E-state index < -0.39 is 0 Å². The van der Waals surface area contributed by atoms with E-state index in [-0.39, 0.29) is 12.9 Å². The van der Waals surface area contributed by atoms with Gasteiger partial charge in [-0.05, 0) is 40.3 Å². The smallest absolute Gasteiger partial charge is 0.290 e.